The van der Waals surface area contributed by atoms with Gasteiger partial charge in [-0.15, -0.1) is 0 Å². The van der Waals surface area contributed by atoms with Gasteiger partial charge in [-0.3, -0.25) is 4.79 Å². The van der Waals surface area contributed by atoms with Crippen LogP contribution < -0.4 is 5.32 Å². The highest BCUT2D eigenvalue weighted by Crippen LogP contribution is 2.15. The first kappa shape index (κ1) is 53.4. The van der Waals surface area contributed by atoms with Crippen LogP contribution in [0.15, 0.2) is 48.6 Å². The number of carbonyl (C=O) groups excluding carboxylic acids is 1. The largest absolute Gasteiger partial charge is 0.394 e. The third kappa shape index (κ3) is 43.3. The molecule has 0 aromatic rings. The summed E-state index contributed by atoms with van der Waals surface area (Å²) in [6.45, 7) is 4.31. The number of nitrogens with one attached hydrogen (secondary N) is 1. The predicted molar refractivity (Wildman–Crippen MR) is 244 cm³/mol. The van der Waals surface area contributed by atoms with Crippen molar-refractivity contribution in [3.63, 3.8) is 0 Å². The average molecular weight is 770 g/mol. The molecule has 0 spiro atoms. The van der Waals surface area contributed by atoms with E-state index in [1.165, 1.54) is 193 Å². The quantitative estimate of drug-likeness (QED) is 0.0427. The third-order valence-electron chi connectivity index (χ3n) is 11.1. The number of aliphatic hydroxyl groups excluding tert-OH is 2. The van der Waals surface area contributed by atoms with Crippen molar-refractivity contribution in [1.82, 2.24) is 5.32 Å². The van der Waals surface area contributed by atoms with Crippen LogP contribution in [0.5, 0.6) is 0 Å². The molecule has 0 bridgehead atoms. The van der Waals surface area contributed by atoms with Crippen LogP contribution in [-0.4, -0.2) is 34.9 Å². The van der Waals surface area contributed by atoms with Crippen LogP contribution in [0.1, 0.15) is 251 Å². The first-order valence-electron chi connectivity index (χ1n) is 24.4. The number of allylic oxidation sites excluding steroid dienone is 7. The van der Waals surface area contributed by atoms with Crippen molar-refractivity contribution in [2.24, 2.45) is 0 Å². The van der Waals surface area contributed by atoms with E-state index in [4.69, 9.17) is 0 Å². The summed E-state index contributed by atoms with van der Waals surface area (Å²) < 4.78 is 0. The minimum absolute atomic E-state index is 0.0675. The Morgan fingerprint density at radius 1 is 0.436 bits per heavy atom. The van der Waals surface area contributed by atoms with E-state index in [0.717, 1.165) is 38.5 Å². The summed E-state index contributed by atoms with van der Waals surface area (Å²) in [4.78, 5) is 12.4. The van der Waals surface area contributed by atoms with Crippen molar-refractivity contribution in [3.05, 3.63) is 48.6 Å². The van der Waals surface area contributed by atoms with Crippen molar-refractivity contribution in [1.29, 1.82) is 0 Å². The molecular weight excluding hydrogens is 675 g/mol. The fourth-order valence-electron chi connectivity index (χ4n) is 7.30. The second-order valence-electron chi connectivity index (χ2n) is 16.5. The van der Waals surface area contributed by atoms with Gasteiger partial charge in [-0.05, 0) is 57.8 Å². The first-order valence-corrected chi connectivity index (χ1v) is 24.4. The molecule has 55 heavy (non-hydrogen) atoms. The Labute approximate surface area is 344 Å². The highest BCUT2D eigenvalue weighted by molar-refractivity contribution is 5.76. The zero-order valence-electron chi connectivity index (χ0n) is 36.9. The molecule has 2 atom stereocenters. The summed E-state index contributed by atoms with van der Waals surface area (Å²) in [6.07, 6.45) is 63.7. The van der Waals surface area contributed by atoms with E-state index in [0.29, 0.717) is 6.42 Å². The van der Waals surface area contributed by atoms with E-state index in [2.05, 4.69) is 55.6 Å². The lowest BCUT2D eigenvalue weighted by Gasteiger charge is -2.20. The lowest BCUT2D eigenvalue weighted by molar-refractivity contribution is -0.123. The standard InChI is InChI=1S/C51H95NO3/c1-3-5-7-9-11-13-15-17-19-21-23-24-25-26-27-28-29-31-33-35-37-39-41-43-45-47-51(55)52-49(48-53)50(54)46-44-42-40-38-36-34-32-30-22-20-18-16-14-12-10-8-6-4-2/h15,17,21,23,25-26,44,46,49-50,53-54H,3-14,16,18-20,22,24,27-43,45,47-48H2,1-2H3,(H,52,55)/b17-15-,23-21-,26-25-,46-44+. The van der Waals surface area contributed by atoms with E-state index in [9.17, 15) is 15.0 Å². The summed E-state index contributed by atoms with van der Waals surface area (Å²) in [5.41, 5.74) is 0. The van der Waals surface area contributed by atoms with E-state index >= 15 is 0 Å². The Kier molecular flexibility index (Phi) is 45.3. The molecule has 1 amide bonds. The summed E-state index contributed by atoms with van der Waals surface area (Å²) >= 11 is 0. The number of amides is 1. The number of unbranched alkanes of at least 4 members (excludes halogenated alkanes) is 31. The van der Waals surface area contributed by atoms with Gasteiger partial charge >= 0.3 is 0 Å². The second kappa shape index (κ2) is 46.7. The van der Waals surface area contributed by atoms with Crippen LogP contribution in [0.25, 0.3) is 0 Å². The normalized spacial score (nSPS) is 13.3. The maximum atomic E-state index is 12.4. The van der Waals surface area contributed by atoms with Crippen molar-refractivity contribution in [2.45, 2.75) is 264 Å². The zero-order chi connectivity index (χ0) is 40.0. The number of carbonyl (C=O) groups is 1. The molecule has 4 heteroatoms. The highest BCUT2D eigenvalue weighted by Gasteiger charge is 2.17. The lowest BCUT2D eigenvalue weighted by Crippen LogP contribution is -2.45. The molecule has 0 saturated carbocycles. The van der Waals surface area contributed by atoms with Gasteiger partial charge in [0, 0.05) is 6.42 Å². The molecular formula is C51H95NO3. The average Bonchev–Trinajstić information content (AvgIpc) is 3.19. The Hall–Kier alpha value is -1.65. The lowest BCUT2D eigenvalue weighted by atomic mass is 10.0. The zero-order valence-corrected chi connectivity index (χ0v) is 36.9. The van der Waals surface area contributed by atoms with Crippen LogP contribution in [0.2, 0.25) is 0 Å². The summed E-state index contributed by atoms with van der Waals surface area (Å²) in [6, 6.07) is -0.625. The molecule has 0 saturated heterocycles. The Morgan fingerprint density at radius 3 is 1.11 bits per heavy atom. The van der Waals surface area contributed by atoms with Crippen molar-refractivity contribution in [2.75, 3.05) is 6.61 Å². The first-order chi connectivity index (χ1) is 27.2. The molecule has 0 aliphatic heterocycles. The van der Waals surface area contributed by atoms with Gasteiger partial charge in [0.25, 0.3) is 0 Å². The predicted octanol–water partition coefficient (Wildman–Crippen LogP) is 15.5. The monoisotopic (exact) mass is 770 g/mol. The second-order valence-corrected chi connectivity index (χ2v) is 16.5. The molecule has 2 unspecified atom stereocenters. The summed E-state index contributed by atoms with van der Waals surface area (Å²) in [5.74, 6) is -0.0675. The van der Waals surface area contributed by atoms with Gasteiger partial charge in [-0.2, -0.15) is 0 Å². The van der Waals surface area contributed by atoms with Gasteiger partial charge in [0.2, 0.25) is 5.91 Å². The summed E-state index contributed by atoms with van der Waals surface area (Å²) in [7, 11) is 0. The van der Waals surface area contributed by atoms with Crippen LogP contribution in [0.3, 0.4) is 0 Å². The van der Waals surface area contributed by atoms with Gasteiger partial charge < -0.3 is 15.5 Å². The van der Waals surface area contributed by atoms with Crippen LogP contribution in [0.4, 0.5) is 0 Å². The van der Waals surface area contributed by atoms with Crippen molar-refractivity contribution >= 4 is 5.91 Å². The molecule has 0 aromatic heterocycles. The Bertz CT molecular complexity index is 877. The minimum Gasteiger partial charge on any atom is -0.394 e. The highest BCUT2D eigenvalue weighted by atomic mass is 16.3. The SMILES string of the molecule is CCCCCCC/C=C\C/C=C\C/C=C\CCCCCCCCCCCCC(=O)NC(CO)C(O)/C=C/CCCCCCCCCCCCCCCCCC. The number of aliphatic hydroxyl groups is 2. The van der Waals surface area contributed by atoms with Gasteiger partial charge in [0.05, 0.1) is 18.8 Å². The molecule has 0 fully saturated rings. The molecule has 0 heterocycles. The van der Waals surface area contributed by atoms with Gasteiger partial charge in [0.1, 0.15) is 0 Å². The molecule has 4 nitrogen and oxygen atoms in total. The fourth-order valence-corrected chi connectivity index (χ4v) is 7.30. The van der Waals surface area contributed by atoms with Crippen molar-refractivity contribution < 1.29 is 15.0 Å². The molecule has 0 aliphatic carbocycles. The topological polar surface area (TPSA) is 69.6 Å². The Balaban J connectivity index is 3.56. The minimum atomic E-state index is -0.842. The van der Waals surface area contributed by atoms with E-state index in [-0.39, 0.29) is 12.5 Å². The molecule has 0 rings (SSSR count). The molecule has 0 radical (unpaired) electrons. The van der Waals surface area contributed by atoms with Gasteiger partial charge in [-0.25, -0.2) is 0 Å². The maximum Gasteiger partial charge on any atom is 0.220 e. The number of hydrogen-bond acceptors (Lipinski definition) is 3. The molecule has 0 aromatic carbocycles. The van der Waals surface area contributed by atoms with Crippen molar-refractivity contribution in [3.8, 4) is 0 Å². The third-order valence-corrected chi connectivity index (χ3v) is 11.1. The van der Waals surface area contributed by atoms with Crippen LogP contribution in [-0.2, 0) is 4.79 Å². The van der Waals surface area contributed by atoms with Crippen LogP contribution in [0, 0.1) is 0 Å². The smallest absolute Gasteiger partial charge is 0.220 e. The van der Waals surface area contributed by atoms with E-state index in [1.807, 2.05) is 6.08 Å². The number of hydrogen-bond donors (Lipinski definition) is 3. The Morgan fingerprint density at radius 2 is 0.745 bits per heavy atom. The molecule has 3 N–H and O–H groups in total. The molecule has 0 aliphatic rings. The van der Waals surface area contributed by atoms with E-state index < -0.39 is 12.1 Å². The van der Waals surface area contributed by atoms with Gasteiger partial charge in [-0.1, -0.05) is 236 Å². The van der Waals surface area contributed by atoms with E-state index in [1.54, 1.807) is 6.08 Å². The summed E-state index contributed by atoms with van der Waals surface area (Å²) in [5, 5.41) is 23.1. The van der Waals surface area contributed by atoms with Crippen LogP contribution >= 0.6 is 0 Å². The van der Waals surface area contributed by atoms with Gasteiger partial charge in [0.15, 0.2) is 0 Å². The fraction of sp³-hybridized carbons (Fsp3) is 0.824. The maximum absolute atomic E-state index is 12.4. The number of rotatable bonds is 44. The molecule has 322 valence electrons.